The van der Waals surface area contributed by atoms with Crippen LogP contribution in [0.25, 0.3) is 71.9 Å². The van der Waals surface area contributed by atoms with E-state index in [1.807, 2.05) is 6.20 Å². The van der Waals surface area contributed by atoms with Crippen LogP contribution in [0.3, 0.4) is 0 Å². The van der Waals surface area contributed by atoms with Crippen molar-refractivity contribution >= 4 is 43.6 Å². The van der Waals surface area contributed by atoms with Crippen molar-refractivity contribution in [3.05, 3.63) is 174 Å². The predicted molar refractivity (Wildman–Crippen MR) is 277 cm³/mol. The van der Waals surface area contributed by atoms with E-state index in [0.717, 1.165) is 56.2 Å². The maximum Gasteiger partial charge on any atom is 0.139 e. The third-order valence-electron chi connectivity index (χ3n) is 13.2. The fourth-order valence-corrected chi connectivity index (χ4v) is 10.1. The molecule has 0 spiro atoms. The fourth-order valence-electron chi connectivity index (χ4n) is 10.1. The number of benzene rings is 6. The van der Waals surface area contributed by atoms with E-state index in [4.69, 9.17) is 14.8 Å². The molecule has 0 aliphatic rings. The lowest BCUT2D eigenvalue weighted by Crippen LogP contribution is -2.19. The average molecular weight is 868 g/mol. The maximum absolute atomic E-state index is 6.96. The Labute approximate surface area is 389 Å². The number of hydrogen-bond acceptors (Lipinski definition) is 3. The molecule has 0 aliphatic heterocycles. The number of rotatable bonds is 7. The largest absolute Gasteiger partial charge is 0.457 e. The van der Waals surface area contributed by atoms with Crippen LogP contribution < -0.4 is 4.74 Å². The van der Waals surface area contributed by atoms with Gasteiger partial charge in [0, 0.05) is 56.9 Å². The minimum atomic E-state index is -0.184. The van der Waals surface area contributed by atoms with Crippen molar-refractivity contribution in [1.29, 1.82) is 0 Å². The molecule has 10 rings (SSSR count). The quantitative estimate of drug-likeness (QED) is 0.160. The summed E-state index contributed by atoms with van der Waals surface area (Å²) in [5.41, 5.74) is 14.6. The Morgan fingerprint density at radius 3 is 1.77 bits per heavy atom. The first-order chi connectivity index (χ1) is 31.4. The number of aromatic nitrogens is 5. The topological polar surface area (TPSA) is 49.8 Å². The second-order valence-electron chi connectivity index (χ2n) is 21.5. The first-order valence-corrected chi connectivity index (χ1v) is 23.4. The van der Waals surface area contributed by atoms with Crippen LogP contribution in [0.2, 0.25) is 0 Å². The number of pyridine rings is 1. The second-order valence-corrected chi connectivity index (χ2v) is 21.5. The van der Waals surface area contributed by atoms with Crippen LogP contribution in [0.5, 0.6) is 11.5 Å². The molecule has 0 radical (unpaired) electrons. The number of ether oxygens (including phenoxy) is 1. The van der Waals surface area contributed by atoms with E-state index in [9.17, 15) is 0 Å². The third kappa shape index (κ3) is 7.28. The molecule has 0 amide bonds. The summed E-state index contributed by atoms with van der Waals surface area (Å²) >= 11 is 0. The van der Waals surface area contributed by atoms with E-state index < -0.39 is 0 Å². The van der Waals surface area contributed by atoms with Crippen LogP contribution >= 0.6 is 0 Å². The standard InChI is InChI=1S/C60H61N5O/c1-37(2)40-32-42(65-57(60(10,11)12)54(38(3)62-65)39-20-14-13-15-21-39)34-44(33-40)66-43-28-29-46-45-22-16-17-27-51(45)64(52(46)36-43)53-35-41(30-31-61-53)63-55-47(23-18-25-49(55)58(4,5)6)48-24-19-26-50(56(48)63)59(7,8)9/h13-37H,1-12H3. The second kappa shape index (κ2) is 15.6. The molecule has 0 atom stereocenters. The van der Waals surface area contributed by atoms with E-state index in [0.29, 0.717) is 0 Å². The summed E-state index contributed by atoms with van der Waals surface area (Å²) in [7, 11) is 0. The van der Waals surface area contributed by atoms with Gasteiger partial charge < -0.3 is 9.30 Å². The van der Waals surface area contributed by atoms with Crippen molar-refractivity contribution in [2.24, 2.45) is 0 Å². The van der Waals surface area contributed by atoms with E-state index in [1.54, 1.807) is 0 Å². The molecular weight excluding hydrogens is 807 g/mol. The molecule has 4 aromatic heterocycles. The summed E-state index contributed by atoms with van der Waals surface area (Å²) in [5, 5.41) is 10.1. The molecule has 0 fully saturated rings. The first-order valence-electron chi connectivity index (χ1n) is 23.4. The summed E-state index contributed by atoms with van der Waals surface area (Å²) in [5.74, 6) is 2.63. The van der Waals surface area contributed by atoms with Gasteiger partial charge >= 0.3 is 0 Å². The molecule has 0 bridgehead atoms. The van der Waals surface area contributed by atoms with Gasteiger partial charge in [0.2, 0.25) is 0 Å². The minimum absolute atomic E-state index is 0.0839. The molecule has 332 valence electrons. The fraction of sp³-hybridized carbons (Fsp3) is 0.267. The number of fused-ring (bicyclic) bond motifs is 6. The van der Waals surface area contributed by atoms with Crippen LogP contribution in [0.15, 0.2) is 146 Å². The Morgan fingerprint density at radius 1 is 0.515 bits per heavy atom. The van der Waals surface area contributed by atoms with E-state index >= 15 is 0 Å². The Bertz CT molecular complexity index is 3410. The number of nitrogens with zero attached hydrogens (tertiary/aromatic N) is 5. The molecule has 6 heteroatoms. The van der Waals surface area contributed by atoms with Crippen molar-refractivity contribution in [1.82, 2.24) is 23.9 Å². The van der Waals surface area contributed by atoms with Gasteiger partial charge in [-0.05, 0) is 82.3 Å². The van der Waals surface area contributed by atoms with Crippen LogP contribution in [-0.2, 0) is 16.2 Å². The van der Waals surface area contributed by atoms with Crippen molar-refractivity contribution in [3.8, 4) is 39.8 Å². The Morgan fingerprint density at radius 2 is 1.14 bits per heavy atom. The van der Waals surface area contributed by atoms with E-state index in [2.05, 4.69) is 236 Å². The van der Waals surface area contributed by atoms with Crippen LogP contribution in [0.1, 0.15) is 110 Å². The zero-order chi connectivity index (χ0) is 46.4. The summed E-state index contributed by atoms with van der Waals surface area (Å²) in [6.07, 6.45) is 1.97. The van der Waals surface area contributed by atoms with Crippen molar-refractivity contribution < 1.29 is 4.74 Å². The summed E-state index contributed by atoms with van der Waals surface area (Å²) in [4.78, 5) is 5.14. The summed E-state index contributed by atoms with van der Waals surface area (Å²) < 4.78 is 13.9. The average Bonchev–Trinajstić information content (AvgIpc) is 3.93. The highest BCUT2D eigenvalue weighted by Crippen LogP contribution is 2.44. The van der Waals surface area contributed by atoms with Gasteiger partial charge in [-0.2, -0.15) is 5.10 Å². The van der Waals surface area contributed by atoms with Gasteiger partial charge in [0.25, 0.3) is 0 Å². The summed E-state index contributed by atoms with van der Waals surface area (Å²) in [6.45, 7) is 27.3. The molecular formula is C60H61N5O. The van der Waals surface area contributed by atoms with E-state index in [1.165, 1.54) is 55.3 Å². The highest BCUT2D eigenvalue weighted by Gasteiger charge is 2.30. The molecule has 10 aromatic rings. The van der Waals surface area contributed by atoms with Crippen molar-refractivity contribution in [2.45, 2.75) is 105 Å². The number of para-hydroxylation sites is 3. The molecule has 0 aliphatic carbocycles. The maximum atomic E-state index is 6.96. The van der Waals surface area contributed by atoms with Gasteiger partial charge in [0.1, 0.15) is 17.3 Å². The first kappa shape index (κ1) is 43.0. The van der Waals surface area contributed by atoms with Crippen molar-refractivity contribution in [3.63, 3.8) is 0 Å². The van der Waals surface area contributed by atoms with Gasteiger partial charge in [-0.15, -0.1) is 0 Å². The molecule has 0 saturated heterocycles. The molecule has 0 unspecified atom stereocenters. The minimum Gasteiger partial charge on any atom is -0.457 e. The van der Waals surface area contributed by atoms with Crippen LogP contribution in [0, 0.1) is 6.92 Å². The lowest BCUT2D eigenvalue weighted by Gasteiger charge is -2.24. The zero-order valence-electron chi connectivity index (χ0n) is 40.6. The highest BCUT2D eigenvalue weighted by molar-refractivity contribution is 6.12. The molecule has 6 aromatic carbocycles. The van der Waals surface area contributed by atoms with E-state index in [-0.39, 0.29) is 22.2 Å². The molecule has 0 N–H and O–H groups in total. The Kier molecular flexibility index (Phi) is 10.2. The predicted octanol–water partition coefficient (Wildman–Crippen LogP) is 16.2. The molecule has 4 heterocycles. The van der Waals surface area contributed by atoms with Gasteiger partial charge in [0.05, 0.1) is 44.8 Å². The number of hydrogen-bond donors (Lipinski definition) is 0. The van der Waals surface area contributed by atoms with Gasteiger partial charge in [0.15, 0.2) is 0 Å². The van der Waals surface area contributed by atoms with Gasteiger partial charge in [-0.25, -0.2) is 9.67 Å². The molecule has 6 nitrogen and oxygen atoms in total. The lowest BCUT2D eigenvalue weighted by molar-refractivity contribution is 0.480. The van der Waals surface area contributed by atoms with Gasteiger partial charge in [-0.3, -0.25) is 4.57 Å². The highest BCUT2D eigenvalue weighted by atomic mass is 16.5. The molecule has 66 heavy (non-hydrogen) atoms. The Hall–Kier alpha value is -6.92. The van der Waals surface area contributed by atoms with Crippen LogP contribution in [-0.4, -0.2) is 23.9 Å². The summed E-state index contributed by atoms with van der Waals surface area (Å²) in [6, 6.07) is 50.3. The normalized spacial score (nSPS) is 12.7. The lowest BCUT2D eigenvalue weighted by atomic mass is 9.85. The van der Waals surface area contributed by atoms with Crippen LogP contribution in [0.4, 0.5) is 0 Å². The number of aryl methyl sites for hydroxylation is 1. The smallest absolute Gasteiger partial charge is 0.139 e. The SMILES string of the molecule is Cc1nn(-c2cc(Oc3ccc4c5ccccc5n(-c5cc(-n6c7c(C(C)(C)C)cccc7c7cccc(C(C)(C)C)c76)ccn5)c4c3)cc(C(C)C)c2)c(C(C)(C)C)c1-c1ccccc1. The Balaban J connectivity index is 1.14. The molecule has 0 saturated carbocycles. The zero-order valence-corrected chi connectivity index (χ0v) is 40.6. The monoisotopic (exact) mass is 867 g/mol. The van der Waals surface area contributed by atoms with Crippen molar-refractivity contribution in [2.75, 3.05) is 0 Å². The third-order valence-corrected chi connectivity index (χ3v) is 13.2. The van der Waals surface area contributed by atoms with Gasteiger partial charge in [-0.1, -0.05) is 161 Å².